The van der Waals surface area contributed by atoms with Crippen molar-refractivity contribution < 1.29 is 18.7 Å². The third-order valence-corrected chi connectivity index (χ3v) is 7.73. The standard InChI is InChI=1S/C28H23F2N3O2/c29-21-5-7-23(8-6-21)33-25-13-20-10-12-27(35,28(20,19-2-3-19)15-18(25)16-32-33)11-9-17-1-4-22(30)14-24(17)26(31)34/h1,4-8,13-14,16,19,35H,2-3,10,12,15H2,(H2,31,34)/t27-,28+/m0/s1. The minimum atomic E-state index is -1.31. The van der Waals surface area contributed by atoms with Gasteiger partial charge in [0, 0.05) is 11.0 Å². The van der Waals surface area contributed by atoms with E-state index >= 15 is 0 Å². The van der Waals surface area contributed by atoms with Crippen LogP contribution < -0.4 is 5.73 Å². The fourth-order valence-corrected chi connectivity index (χ4v) is 5.92. The number of halogens is 2. The van der Waals surface area contributed by atoms with Crippen LogP contribution in [0.4, 0.5) is 8.78 Å². The molecule has 7 heteroatoms. The zero-order valence-electron chi connectivity index (χ0n) is 18.9. The number of carbonyl (C=O) groups is 1. The number of primary amides is 1. The largest absolute Gasteiger partial charge is 0.377 e. The average Bonchev–Trinajstić information content (AvgIpc) is 3.56. The second kappa shape index (κ2) is 7.62. The van der Waals surface area contributed by atoms with Crippen LogP contribution in [0.1, 0.15) is 52.9 Å². The van der Waals surface area contributed by atoms with Gasteiger partial charge in [0.1, 0.15) is 17.2 Å². The number of benzene rings is 2. The molecular weight excluding hydrogens is 448 g/mol. The van der Waals surface area contributed by atoms with E-state index < -0.39 is 22.7 Å². The highest BCUT2D eigenvalue weighted by Gasteiger charge is 2.64. The number of carbonyl (C=O) groups excluding carboxylic acids is 1. The molecule has 176 valence electrons. The maximum atomic E-state index is 13.7. The zero-order chi connectivity index (χ0) is 24.4. The molecule has 1 aromatic heterocycles. The summed E-state index contributed by atoms with van der Waals surface area (Å²) >= 11 is 0. The molecule has 0 unspecified atom stereocenters. The summed E-state index contributed by atoms with van der Waals surface area (Å²) in [5, 5.41) is 16.6. The van der Waals surface area contributed by atoms with Crippen LogP contribution in [0.2, 0.25) is 0 Å². The summed E-state index contributed by atoms with van der Waals surface area (Å²) < 4.78 is 28.9. The molecular formula is C28H23F2N3O2. The topological polar surface area (TPSA) is 81.1 Å². The molecule has 0 radical (unpaired) electrons. The molecule has 1 amide bonds. The van der Waals surface area contributed by atoms with Crippen LogP contribution in [0.5, 0.6) is 0 Å². The van der Waals surface area contributed by atoms with Gasteiger partial charge < -0.3 is 10.8 Å². The summed E-state index contributed by atoms with van der Waals surface area (Å²) in [6.07, 6.45) is 7.67. The normalized spacial score (nSPS) is 24.7. The van der Waals surface area contributed by atoms with Crippen molar-refractivity contribution in [1.82, 2.24) is 9.78 Å². The molecule has 3 N–H and O–H groups in total. The first-order chi connectivity index (χ1) is 16.8. The lowest BCUT2D eigenvalue weighted by Gasteiger charge is -2.43. The van der Waals surface area contributed by atoms with Crippen LogP contribution in [-0.2, 0) is 6.42 Å². The van der Waals surface area contributed by atoms with Gasteiger partial charge in [-0.3, -0.25) is 4.79 Å². The van der Waals surface area contributed by atoms with Crippen molar-refractivity contribution in [2.45, 2.75) is 37.7 Å². The third-order valence-electron chi connectivity index (χ3n) is 7.73. The highest BCUT2D eigenvalue weighted by atomic mass is 19.1. The van der Waals surface area contributed by atoms with Gasteiger partial charge in [-0.25, -0.2) is 13.5 Å². The second-order valence-corrected chi connectivity index (χ2v) is 9.70. The number of nitrogens with zero attached hydrogens (tertiary/aromatic N) is 2. The first-order valence-corrected chi connectivity index (χ1v) is 11.7. The molecule has 2 aromatic carbocycles. The maximum absolute atomic E-state index is 13.7. The van der Waals surface area contributed by atoms with Gasteiger partial charge in [-0.2, -0.15) is 5.10 Å². The Bertz CT molecular complexity index is 1460. The number of fused-ring (bicyclic) bond motifs is 2. The Morgan fingerprint density at radius 1 is 1.14 bits per heavy atom. The van der Waals surface area contributed by atoms with Gasteiger partial charge in [0.25, 0.3) is 0 Å². The summed E-state index contributed by atoms with van der Waals surface area (Å²) in [6.45, 7) is 0. The quantitative estimate of drug-likeness (QED) is 0.563. The van der Waals surface area contributed by atoms with Crippen LogP contribution in [0.25, 0.3) is 11.8 Å². The summed E-state index contributed by atoms with van der Waals surface area (Å²) in [7, 11) is 0. The van der Waals surface area contributed by atoms with Gasteiger partial charge in [-0.15, -0.1) is 0 Å². The Morgan fingerprint density at radius 2 is 1.89 bits per heavy atom. The predicted molar refractivity (Wildman–Crippen MR) is 126 cm³/mol. The Kier molecular flexibility index (Phi) is 4.74. The molecule has 0 aliphatic heterocycles. The first kappa shape index (κ1) is 21.8. The van der Waals surface area contributed by atoms with Crippen LogP contribution in [0, 0.1) is 34.8 Å². The number of amides is 1. The Hall–Kier alpha value is -3.76. The molecule has 3 aromatic rings. The number of hydrogen-bond donors (Lipinski definition) is 2. The molecule has 35 heavy (non-hydrogen) atoms. The van der Waals surface area contributed by atoms with E-state index in [1.807, 2.05) is 6.20 Å². The van der Waals surface area contributed by atoms with E-state index in [0.717, 1.165) is 41.4 Å². The van der Waals surface area contributed by atoms with E-state index in [0.29, 0.717) is 30.7 Å². The minimum Gasteiger partial charge on any atom is -0.377 e. The zero-order valence-corrected chi connectivity index (χ0v) is 18.9. The Morgan fingerprint density at radius 3 is 2.60 bits per heavy atom. The molecule has 2 atom stereocenters. The SMILES string of the molecule is NC(=O)c1cc(F)ccc1C#C[C@]1(O)CCC2=Cc3c(cnn3-c3ccc(F)cc3)C[C@@]21C1CC1. The molecule has 2 fully saturated rings. The van der Waals surface area contributed by atoms with Gasteiger partial charge in [0.15, 0.2) is 0 Å². The van der Waals surface area contributed by atoms with Crippen LogP contribution in [0.3, 0.4) is 0 Å². The first-order valence-electron chi connectivity index (χ1n) is 11.7. The molecule has 2 saturated carbocycles. The molecule has 0 saturated heterocycles. The maximum Gasteiger partial charge on any atom is 0.250 e. The van der Waals surface area contributed by atoms with Gasteiger partial charge in [0.05, 0.1) is 23.1 Å². The van der Waals surface area contributed by atoms with E-state index in [1.54, 1.807) is 16.8 Å². The van der Waals surface area contributed by atoms with Crippen molar-refractivity contribution in [2.24, 2.45) is 17.1 Å². The summed E-state index contributed by atoms with van der Waals surface area (Å²) in [6, 6.07) is 9.93. The van der Waals surface area contributed by atoms with Crippen molar-refractivity contribution in [3.05, 3.63) is 88.3 Å². The minimum absolute atomic E-state index is 0.00170. The lowest BCUT2D eigenvalue weighted by Crippen LogP contribution is -2.48. The highest BCUT2D eigenvalue weighted by Crippen LogP contribution is 2.65. The number of hydrogen-bond acceptors (Lipinski definition) is 3. The van der Waals surface area contributed by atoms with Crippen molar-refractivity contribution in [1.29, 1.82) is 0 Å². The molecule has 3 aliphatic carbocycles. The van der Waals surface area contributed by atoms with E-state index in [-0.39, 0.29) is 11.4 Å². The van der Waals surface area contributed by atoms with E-state index in [9.17, 15) is 18.7 Å². The van der Waals surface area contributed by atoms with Gasteiger partial charge in [-0.05, 0) is 92.1 Å². The van der Waals surface area contributed by atoms with Gasteiger partial charge in [0.2, 0.25) is 5.91 Å². The molecule has 0 spiro atoms. The highest BCUT2D eigenvalue weighted by molar-refractivity contribution is 5.95. The average molecular weight is 472 g/mol. The molecule has 1 heterocycles. The fraction of sp³-hybridized carbons (Fsp3) is 0.286. The number of rotatable bonds is 3. The molecule has 0 bridgehead atoms. The second-order valence-electron chi connectivity index (χ2n) is 9.70. The summed E-state index contributed by atoms with van der Waals surface area (Å²) in [4.78, 5) is 11.8. The van der Waals surface area contributed by atoms with Crippen molar-refractivity contribution in [3.63, 3.8) is 0 Å². The number of nitrogens with two attached hydrogens (primary N) is 1. The fourth-order valence-electron chi connectivity index (χ4n) is 5.92. The van der Waals surface area contributed by atoms with Gasteiger partial charge in [-0.1, -0.05) is 17.4 Å². The summed E-state index contributed by atoms with van der Waals surface area (Å²) in [5.41, 5.74) is 7.74. The van der Waals surface area contributed by atoms with Gasteiger partial charge >= 0.3 is 0 Å². The predicted octanol–water partition coefficient (Wildman–Crippen LogP) is 4.16. The van der Waals surface area contributed by atoms with Crippen molar-refractivity contribution >= 4 is 12.0 Å². The molecule has 5 nitrogen and oxygen atoms in total. The Labute approximate surface area is 201 Å². The molecule has 6 rings (SSSR count). The molecule has 3 aliphatic rings. The Balaban J connectivity index is 1.43. The van der Waals surface area contributed by atoms with Crippen LogP contribution in [-0.4, -0.2) is 26.4 Å². The van der Waals surface area contributed by atoms with E-state index in [1.165, 1.54) is 24.3 Å². The van der Waals surface area contributed by atoms with Crippen molar-refractivity contribution in [3.8, 4) is 17.5 Å². The van der Waals surface area contributed by atoms with Crippen molar-refractivity contribution in [2.75, 3.05) is 0 Å². The lowest BCUT2D eigenvalue weighted by atomic mass is 9.63. The van der Waals surface area contributed by atoms with Crippen LogP contribution >= 0.6 is 0 Å². The van der Waals surface area contributed by atoms with Crippen LogP contribution in [0.15, 0.2) is 54.2 Å². The smallest absolute Gasteiger partial charge is 0.250 e. The van der Waals surface area contributed by atoms with E-state index in [2.05, 4.69) is 23.0 Å². The number of aliphatic hydroxyl groups is 1. The lowest BCUT2D eigenvalue weighted by molar-refractivity contribution is -0.00859. The number of aromatic nitrogens is 2. The van der Waals surface area contributed by atoms with E-state index in [4.69, 9.17) is 5.73 Å². The monoisotopic (exact) mass is 471 g/mol. The summed E-state index contributed by atoms with van der Waals surface area (Å²) in [5.74, 6) is 4.70. The third kappa shape index (κ3) is 3.32.